The van der Waals surface area contributed by atoms with Crippen molar-refractivity contribution >= 4 is 0 Å². The van der Waals surface area contributed by atoms with Gasteiger partial charge in [0.2, 0.25) is 0 Å². The molecule has 0 aromatic carbocycles. The van der Waals surface area contributed by atoms with Crippen LogP contribution < -0.4 is 0 Å². The lowest BCUT2D eigenvalue weighted by Crippen LogP contribution is -2.30. The molecule has 0 spiro atoms. The van der Waals surface area contributed by atoms with Crippen LogP contribution in [0.25, 0.3) is 0 Å². The maximum atomic E-state index is 2.48. The Bertz CT molecular complexity index is 204. The summed E-state index contributed by atoms with van der Waals surface area (Å²) >= 11 is 0. The van der Waals surface area contributed by atoms with E-state index in [-0.39, 0.29) is 0 Å². The third-order valence-electron chi connectivity index (χ3n) is 5.05. The third-order valence-corrected chi connectivity index (χ3v) is 5.05. The zero-order valence-corrected chi connectivity index (χ0v) is 12.3. The Morgan fingerprint density at radius 2 is 1.81 bits per heavy atom. The molecule has 0 aromatic rings. The van der Waals surface area contributed by atoms with Crippen molar-refractivity contribution in [2.24, 2.45) is 29.1 Å². The largest absolute Gasteiger partial charge is 0.0649 e. The van der Waals surface area contributed by atoms with Gasteiger partial charge in [-0.3, -0.25) is 0 Å². The number of hydrogen-bond donors (Lipinski definition) is 0. The fourth-order valence-corrected chi connectivity index (χ4v) is 3.52. The summed E-state index contributed by atoms with van der Waals surface area (Å²) in [4.78, 5) is 0. The highest BCUT2D eigenvalue weighted by molar-refractivity contribution is 4.83. The fraction of sp³-hybridized carbons (Fsp3) is 1.00. The molecule has 0 amide bonds. The Hall–Kier alpha value is 0. The smallest absolute Gasteiger partial charge is 0.0354 e. The van der Waals surface area contributed by atoms with E-state index in [9.17, 15) is 0 Å². The summed E-state index contributed by atoms with van der Waals surface area (Å²) in [5.74, 6) is 3.89. The van der Waals surface area contributed by atoms with Crippen LogP contribution in [-0.2, 0) is 0 Å². The zero-order valence-electron chi connectivity index (χ0n) is 12.3. The van der Waals surface area contributed by atoms with Gasteiger partial charge >= 0.3 is 0 Å². The van der Waals surface area contributed by atoms with E-state index in [0.29, 0.717) is 5.41 Å². The lowest BCUT2D eigenvalue weighted by atomic mass is 9.66. The topological polar surface area (TPSA) is 0 Å². The highest BCUT2D eigenvalue weighted by atomic mass is 14.4. The van der Waals surface area contributed by atoms with Crippen LogP contribution in [0.3, 0.4) is 0 Å². The molecule has 0 nitrogen and oxygen atoms in total. The van der Waals surface area contributed by atoms with Crippen molar-refractivity contribution in [2.45, 2.75) is 73.6 Å². The van der Waals surface area contributed by atoms with Gasteiger partial charge in [0.05, 0.1) is 0 Å². The molecule has 4 unspecified atom stereocenters. The van der Waals surface area contributed by atoms with Crippen molar-refractivity contribution < 1.29 is 0 Å². The van der Waals surface area contributed by atoms with E-state index in [1.807, 2.05) is 0 Å². The SMILES string of the molecule is CCC(C)(C)CC(C)CC(C)C1CCC1C. The average molecular weight is 224 g/mol. The highest BCUT2D eigenvalue weighted by Gasteiger charge is 2.32. The van der Waals surface area contributed by atoms with Gasteiger partial charge < -0.3 is 0 Å². The first-order chi connectivity index (χ1) is 7.35. The van der Waals surface area contributed by atoms with E-state index in [4.69, 9.17) is 0 Å². The minimum atomic E-state index is 0.546. The summed E-state index contributed by atoms with van der Waals surface area (Å²) in [5, 5.41) is 0. The number of rotatable bonds is 6. The molecule has 1 aliphatic rings. The molecule has 16 heavy (non-hydrogen) atoms. The molecule has 0 N–H and O–H groups in total. The van der Waals surface area contributed by atoms with Crippen molar-refractivity contribution in [3.63, 3.8) is 0 Å². The first-order valence-electron chi connectivity index (χ1n) is 7.35. The predicted molar refractivity (Wildman–Crippen MR) is 73.5 cm³/mol. The highest BCUT2D eigenvalue weighted by Crippen LogP contribution is 2.42. The van der Waals surface area contributed by atoms with Crippen molar-refractivity contribution in [1.29, 1.82) is 0 Å². The first-order valence-corrected chi connectivity index (χ1v) is 7.35. The summed E-state index contributed by atoms with van der Waals surface area (Å²) in [7, 11) is 0. The molecule has 0 aromatic heterocycles. The van der Waals surface area contributed by atoms with Crippen LogP contribution in [0.4, 0.5) is 0 Å². The van der Waals surface area contributed by atoms with Crippen LogP contribution in [0.5, 0.6) is 0 Å². The van der Waals surface area contributed by atoms with Gasteiger partial charge in [0.1, 0.15) is 0 Å². The Kier molecular flexibility index (Phi) is 4.88. The maximum Gasteiger partial charge on any atom is -0.0354 e. The predicted octanol–water partition coefficient (Wildman–Crippen LogP) is 5.52. The Morgan fingerprint density at radius 3 is 2.19 bits per heavy atom. The molecule has 0 heteroatoms. The third kappa shape index (κ3) is 3.79. The molecule has 0 aliphatic heterocycles. The lowest BCUT2D eigenvalue weighted by molar-refractivity contribution is 0.105. The van der Waals surface area contributed by atoms with Crippen LogP contribution in [0, 0.1) is 29.1 Å². The molecular weight excluding hydrogens is 192 g/mol. The quantitative estimate of drug-likeness (QED) is 0.557. The Labute approximate surface area is 103 Å². The van der Waals surface area contributed by atoms with Gasteiger partial charge in [-0.1, -0.05) is 54.4 Å². The average Bonchev–Trinajstić information content (AvgIpc) is 2.14. The maximum absolute atomic E-state index is 2.48. The molecule has 1 aliphatic carbocycles. The van der Waals surface area contributed by atoms with Gasteiger partial charge in [0.15, 0.2) is 0 Å². The lowest BCUT2D eigenvalue weighted by Gasteiger charge is -2.40. The molecule has 1 saturated carbocycles. The molecule has 0 heterocycles. The van der Waals surface area contributed by atoms with E-state index in [1.54, 1.807) is 0 Å². The van der Waals surface area contributed by atoms with Crippen molar-refractivity contribution in [3.8, 4) is 0 Å². The van der Waals surface area contributed by atoms with Gasteiger partial charge in [0, 0.05) is 0 Å². The second kappa shape index (κ2) is 5.56. The summed E-state index contributed by atoms with van der Waals surface area (Å²) in [6, 6.07) is 0. The van der Waals surface area contributed by atoms with Crippen molar-refractivity contribution in [1.82, 2.24) is 0 Å². The van der Waals surface area contributed by atoms with Gasteiger partial charge in [-0.15, -0.1) is 0 Å². The first kappa shape index (κ1) is 14.1. The number of hydrogen-bond acceptors (Lipinski definition) is 0. The molecule has 1 rings (SSSR count). The van der Waals surface area contributed by atoms with E-state index >= 15 is 0 Å². The minimum Gasteiger partial charge on any atom is -0.0649 e. The van der Waals surface area contributed by atoms with Crippen LogP contribution in [-0.4, -0.2) is 0 Å². The van der Waals surface area contributed by atoms with E-state index in [0.717, 1.165) is 23.7 Å². The van der Waals surface area contributed by atoms with Gasteiger partial charge in [-0.05, 0) is 48.3 Å². The summed E-state index contributed by atoms with van der Waals surface area (Å²) in [5.41, 5.74) is 0.546. The normalized spacial score (nSPS) is 29.6. The van der Waals surface area contributed by atoms with Crippen molar-refractivity contribution in [3.05, 3.63) is 0 Å². The van der Waals surface area contributed by atoms with Gasteiger partial charge in [-0.2, -0.15) is 0 Å². The monoisotopic (exact) mass is 224 g/mol. The van der Waals surface area contributed by atoms with Crippen LogP contribution >= 0.6 is 0 Å². The summed E-state index contributed by atoms with van der Waals surface area (Å²) in [6.07, 6.45) is 7.12. The standard InChI is InChI=1S/C16H32/c1-7-16(5,6)11-12(2)10-14(4)15-9-8-13(15)3/h12-15H,7-11H2,1-6H3. The second-order valence-electron chi connectivity index (χ2n) is 7.26. The van der Waals surface area contributed by atoms with E-state index in [1.165, 1.54) is 32.1 Å². The van der Waals surface area contributed by atoms with Crippen LogP contribution in [0.15, 0.2) is 0 Å². The van der Waals surface area contributed by atoms with Gasteiger partial charge in [0.25, 0.3) is 0 Å². The van der Waals surface area contributed by atoms with Crippen LogP contribution in [0.1, 0.15) is 73.6 Å². The Morgan fingerprint density at radius 1 is 1.19 bits per heavy atom. The molecule has 0 radical (unpaired) electrons. The Balaban J connectivity index is 2.30. The van der Waals surface area contributed by atoms with Gasteiger partial charge in [-0.25, -0.2) is 0 Å². The summed E-state index contributed by atoms with van der Waals surface area (Å²) in [6.45, 7) is 14.5. The summed E-state index contributed by atoms with van der Waals surface area (Å²) < 4.78 is 0. The molecule has 0 saturated heterocycles. The molecular formula is C16H32. The van der Waals surface area contributed by atoms with E-state index < -0.39 is 0 Å². The fourth-order valence-electron chi connectivity index (χ4n) is 3.52. The minimum absolute atomic E-state index is 0.546. The second-order valence-corrected chi connectivity index (χ2v) is 7.26. The molecule has 1 fully saturated rings. The van der Waals surface area contributed by atoms with Crippen LogP contribution in [0.2, 0.25) is 0 Å². The molecule has 0 bridgehead atoms. The molecule has 96 valence electrons. The van der Waals surface area contributed by atoms with E-state index in [2.05, 4.69) is 41.5 Å². The molecule has 4 atom stereocenters. The van der Waals surface area contributed by atoms with Crippen molar-refractivity contribution in [2.75, 3.05) is 0 Å². The zero-order chi connectivity index (χ0) is 12.3.